The average Bonchev–Trinajstić information content (AvgIpc) is 2.43. The second-order valence-corrected chi connectivity index (χ2v) is 3.55. The average molecular weight is 124 g/mol. The topological polar surface area (TPSA) is 12.5 Å². The van der Waals surface area contributed by atoms with Gasteiger partial charge in [0.05, 0.1) is 12.2 Å². The molecule has 0 aromatic rings. The molecule has 0 amide bonds. The molecule has 1 aliphatic heterocycles. The molecule has 0 spiro atoms. The van der Waals surface area contributed by atoms with Gasteiger partial charge < -0.3 is 4.74 Å². The fraction of sp³-hybridized carbons (Fsp3) is 0.750. The van der Waals surface area contributed by atoms with Gasteiger partial charge in [0, 0.05) is 5.41 Å². The van der Waals surface area contributed by atoms with Gasteiger partial charge in [-0.05, 0) is 6.42 Å². The summed E-state index contributed by atoms with van der Waals surface area (Å²) >= 11 is 0. The van der Waals surface area contributed by atoms with Crippen molar-refractivity contribution < 1.29 is 4.74 Å². The van der Waals surface area contributed by atoms with Crippen LogP contribution in [0.5, 0.6) is 0 Å². The molecule has 50 valence electrons. The minimum absolute atomic E-state index is 0.308. The van der Waals surface area contributed by atoms with Crippen LogP contribution in [0.3, 0.4) is 0 Å². The van der Waals surface area contributed by atoms with Crippen molar-refractivity contribution in [2.75, 3.05) is 0 Å². The molecule has 1 heterocycles. The SMILES string of the molecule is CC1(C)C=CCC2OC21. The van der Waals surface area contributed by atoms with Gasteiger partial charge in [-0.1, -0.05) is 26.0 Å². The van der Waals surface area contributed by atoms with Crippen LogP contribution in [-0.2, 0) is 4.74 Å². The van der Waals surface area contributed by atoms with Gasteiger partial charge in [0.2, 0.25) is 0 Å². The van der Waals surface area contributed by atoms with Crippen LogP contribution in [0.25, 0.3) is 0 Å². The summed E-state index contributed by atoms with van der Waals surface area (Å²) in [4.78, 5) is 0. The monoisotopic (exact) mass is 124 g/mol. The number of ether oxygens (including phenoxy) is 1. The zero-order chi connectivity index (χ0) is 6.48. The fourth-order valence-electron chi connectivity index (χ4n) is 1.58. The number of hydrogen-bond acceptors (Lipinski definition) is 1. The van der Waals surface area contributed by atoms with Crippen LogP contribution in [0.1, 0.15) is 20.3 Å². The number of rotatable bonds is 0. The summed E-state index contributed by atoms with van der Waals surface area (Å²) in [7, 11) is 0. The normalized spacial score (nSPS) is 44.2. The van der Waals surface area contributed by atoms with Gasteiger partial charge in [0.25, 0.3) is 0 Å². The van der Waals surface area contributed by atoms with Crippen molar-refractivity contribution in [2.24, 2.45) is 5.41 Å². The van der Waals surface area contributed by atoms with Crippen LogP contribution in [0.15, 0.2) is 12.2 Å². The highest BCUT2D eigenvalue weighted by atomic mass is 16.6. The third-order valence-corrected chi connectivity index (χ3v) is 2.23. The predicted octanol–water partition coefficient (Wildman–Crippen LogP) is 1.74. The number of hydrogen-bond donors (Lipinski definition) is 0. The summed E-state index contributed by atoms with van der Waals surface area (Å²) in [5.41, 5.74) is 0.308. The van der Waals surface area contributed by atoms with Crippen molar-refractivity contribution in [3.8, 4) is 0 Å². The Kier molecular flexibility index (Phi) is 0.854. The first-order valence-corrected chi connectivity index (χ1v) is 3.53. The smallest absolute Gasteiger partial charge is 0.0930 e. The van der Waals surface area contributed by atoms with Crippen LogP contribution in [0.4, 0.5) is 0 Å². The quantitative estimate of drug-likeness (QED) is 0.354. The molecule has 2 atom stereocenters. The van der Waals surface area contributed by atoms with E-state index in [1.165, 1.54) is 0 Å². The van der Waals surface area contributed by atoms with E-state index in [9.17, 15) is 0 Å². The molecule has 2 rings (SSSR count). The Bertz CT molecular complexity index is 158. The van der Waals surface area contributed by atoms with Gasteiger partial charge in [-0.15, -0.1) is 0 Å². The fourth-order valence-corrected chi connectivity index (χ4v) is 1.58. The van der Waals surface area contributed by atoms with E-state index in [1.807, 2.05) is 0 Å². The Morgan fingerprint density at radius 1 is 1.56 bits per heavy atom. The first kappa shape index (κ1) is 5.48. The van der Waals surface area contributed by atoms with Crippen molar-refractivity contribution in [2.45, 2.75) is 32.5 Å². The van der Waals surface area contributed by atoms with Crippen molar-refractivity contribution in [3.05, 3.63) is 12.2 Å². The van der Waals surface area contributed by atoms with E-state index in [0.717, 1.165) is 6.42 Å². The molecule has 1 nitrogen and oxygen atoms in total. The third-order valence-electron chi connectivity index (χ3n) is 2.23. The van der Waals surface area contributed by atoms with E-state index in [1.54, 1.807) is 0 Å². The molecule has 0 N–H and O–H groups in total. The van der Waals surface area contributed by atoms with E-state index in [-0.39, 0.29) is 0 Å². The Hall–Kier alpha value is -0.300. The lowest BCUT2D eigenvalue weighted by Gasteiger charge is -2.19. The Labute approximate surface area is 55.7 Å². The highest BCUT2D eigenvalue weighted by Gasteiger charge is 2.49. The maximum absolute atomic E-state index is 5.43. The van der Waals surface area contributed by atoms with Crippen molar-refractivity contribution in [3.63, 3.8) is 0 Å². The van der Waals surface area contributed by atoms with E-state index in [4.69, 9.17) is 4.74 Å². The van der Waals surface area contributed by atoms with E-state index in [0.29, 0.717) is 17.6 Å². The highest BCUT2D eigenvalue weighted by Crippen LogP contribution is 2.44. The highest BCUT2D eigenvalue weighted by molar-refractivity contribution is 5.13. The summed E-state index contributed by atoms with van der Waals surface area (Å²) in [5, 5.41) is 0. The molecule has 2 aliphatic rings. The maximum Gasteiger partial charge on any atom is 0.0930 e. The van der Waals surface area contributed by atoms with Gasteiger partial charge in [0.1, 0.15) is 0 Å². The molecule has 1 fully saturated rings. The Morgan fingerprint density at radius 2 is 2.33 bits per heavy atom. The second kappa shape index (κ2) is 1.40. The molecule has 1 aliphatic carbocycles. The molecule has 2 unspecified atom stereocenters. The molecule has 0 aromatic carbocycles. The van der Waals surface area contributed by atoms with Gasteiger partial charge in [-0.2, -0.15) is 0 Å². The molecule has 9 heavy (non-hydrogen) atoms. The largest absolute Gasteiger partial charge is 0.368 e. The molecular weight excluding hydrogens is 112 g/mol. The molecule has 0 aromatic heterocycles. The molecule has 0 saturated carbocycles. The van der Waals surface area contributed by atoms with E-state index in [2.05, 4.69) is 26.0 Å². The van der Waals surface area contributed by atoms with Gasteiger partial charge in [-0.25, -0.2) is 0 Å². The third kappa shape index (κ3) is 0.715. The molecule has 0 radical (unpaired) electrons. The van der Waals surface area contributed by atoms with Crippen LogP contribution < -0.4 is 0 Å². The van der Waals surface area contributed by atoms with E-state index < -0.39 is 0 Å². The summed E-state index contributed by atoms with van der Waals surface area (Å²) in [6.07, 6.45) is 6.72. The minimum atomic E-state index is 0.308. The van der Waals surface area contributed by atoms with Crippen molar-refractivity contribution in [1.29, 1.82) is 0 Å². The first-order valence-electron chi connectivity index (χ1n) is 3.53. The van der Waals surface area contributed by atoms with E-state index >= 15 is 0 Å². The van der Waals surface area contributed by atoms with Gasteiger partial charge >= 0.3 is 0 Å². The minimum Gasteiger partial charge on any atom is -0.368 e. The Morgan fingerprint density at radius 3 is 2.89 bits per heavy atom. The van der Waals surface area contributed by atoms with Crippen LogP contribution in [0.2, 0.25) is 0 Å². The molecular formula is C8H12O. The molecule has 0 bridgehead atoms. The van der Waals surface area contributed by atoms with Crippen molar-refractivity contribution in [1.82, 2.24) is 0 Å². The summed E-state index contributed by atoms with van der Waals surface area (Å²) in [6, 6.07) is 0. The zero-order valence-corrected chi connectivity index (χ0v) is 5.92. The summed E-state index contributed by atoms with van der Waals surface area (Å²) in [5.74, 6) is 0. The Balaban J connectivity index is 2.23. The zero-order valence-electron chi connectivity index (χ0n) is 5.92. The number of fused-ring (bicyclic) bond motifs is 1. The second-order valence-electron chi connectivity index (χ2n) is 3.55. The molecule has 1 heteroatoms. The van der Waals surface area contributed by atoms with Gasteiger partial charge in [-0.3, -0.25) is 0 Å². The standard InChI is InChI=1S/C8H12O/c1-8(2)5-3-4-6-7(8)9-6/h3,5-7H,4H2,1-2H3. The lowest BCUT2D eigenvalue weighted by Crippen LogP contribution is -2.20. The lowest BCUT2D eigenvalue weighted by molar-refractivity contribution is 0.293. The molecule has 1 saturated heterocycles. The number of epoxide rings is 1. The van der Waals surface area contributed by atoms with Crippen LogP contribution in [0, 0.1) is 5.41 Å². The summed E-state index contributed by atoms with van der Waals surface area (Å²) < 4.78 is 5.43. The van der Waals surface area contributed by atoms with Crippen LogP contribution in [-0.4, -0.2) is 12.2 Å². The van der Waals surface area contributed by atoms with Crippen molar-refractivity contribution >= 4 is 0 Å². The maximum atomic E-state index is 5.43. The van der Waals surface area contributed by atoms with Gasteiger partial charge in [0.15, 0.2) is 0 Å². The lowest BCUT2D eigenvalue weighted by atomic mass is 9.83. The van der Waals surface area contributed by atoms with Crippen LogP contribution >= 0.6 is 0 Å². The first-order chi connectivity index (χ1) is 4.20. The summed E-state index contributed by atoms with van der Waals surface area (Å²) in [6.45, 7) is 4.46. The predicted molar refractivity (Wildman–Crippen MR) is 36.2 cm³/mol.